The van der Waals surface area contributed by atoms with Gasteiger partial charge in [0.25, 0.3) is 0 Å². The van der Waals surface area contributed by atoms with Crippen LogP contribution in [0.25, 0.3) is 0 Å². The van der Waals surface area contributed by atoms with Crippen LogP contribution in [-0.4, -0.2) is 24.2 Å². The zero-order valence-electron chi connectivity index (χ0n) is 11.4. The predicted octanol–water partition coefficient (Wildman–Crippen LogP) is 3.32. The summed E-state index contributed by atoms with van der Waals surface area (Å²) < 4.78 is 5.89. The lowest BCUT2D eigenvalue weighted by Gasteiger charge is -2.40. The molecule has 102 valence electrons. The first-order valence-electron chi connectivity index (χ1n) is 7.07. The summed E-state index contributed by atoms with van der Waals surface area (Å²) in [6.07, 6.45) is 7.91. The molecule has 0 bridgehead atoms. The zero-order valence-corrected chi connectivity index (χ0v) is 12.3. The molecule has 2 rings (SSSR count). The quantitative estimate of drug-likeness (QED) is 0.859. The van der Waals surface area contributed by atoms with Crippen molar-refractivity contribution in [1.29, 1.82) is 0 Å². The first-order valence-corrected chi connectivity index (χ1v) is 7.95. The van der Waals surface area contributed by atoms with Gasteiger partial charge in [-0.15, -0.1) is 11.3 Å². The Kier molecular flexibility index (Phi) is 5.15. The van der Waals surface area contributed by atoms with Crippen LogP contribution in [0.4, 0.5) is 0 Å². The van der Waals surface area contributed by atoms with E-state index in [9.17, 15) is 0 Å². The SMILES string of the molecule is CCCNC1(c2nccs2)CCOC(CCC)C1. The molecule has 3 nitrogen and oxygen atoms in total. The van der Waals surface area contributed by atoms with Crippen molar-refractivity contribution in [1.82, 2.24) is 10.3 Å². The summed E-state index contributed by atoms with van der Waals surface area (Å²) in [4.78, 5) is 4.56. The summed E-state index contributed by atoms with van der Waals surface area (Å²) in [5, 5.41) is 7.06. The maximum absolute atomic E-state index is 5.89. The molecule has 4 heteroatoms. The lowest BCUT2D eigenvalue weighted by molar-refractivity contribution is -0.0349. The Bertz CT molecular complexity index is 340. The van der Waals surface area contributed by atoms with E-state index in [0.717, 1.165) is 38.8 Å². The number of nitrogens with one attached hydrogen (secondary N) is 1. The monoisotopic (exact) mass is 268 g/mol. The average Bonchev–Trinajstić information content (AvgIpc) is 2.92. The second-order valence-corrected chi connectivity index (χ2v) is 5.98. The second kappa shape index (κ2) is 6.64. The van der Waals surface area contributed by atoms with Crippen molar-refractivity contribution in [2.24, 2.45) is 0 Å². The molecule has 0 aliphatic carbocycles. The third-order valence-electron chi connectivity index (χ3n) is 3.62. The largest absolute Gasteiger partial charge is 0.378 e. The van der Waals surface area contributed by atoms with Crippen LogP contribution >= 0.6 is 11.3 Å². The first-order chi connectivity index (χ1) is 8.80. The molecule has 1 aromatic heterocycles. The maximum Gasteiger partial charge on any atom is 0.113 e. The summed E-state index contributed by atoms with van der Waals surface area (Å²) in [6.45, 7) is 6.34. The Morgan fingerprint density at radius 3 is 3.06 bits per heavy atom. The van der Waals surface area contributed by atoms with Gasteiger partial charge in [-0.05, 0) is 32.2 Å². The minimum atomic E-state index is 0.0578. The lowest BCUT2D eigenvalue weighted by atomic mass is 9.85. The molecule has 1 saturated heterocycles. The lowest BCUT2D eigenvalue weighted by Crippen LogP contribution is -2.49. The molecule has 18 heavy (non-hydrogen) atoms. The molecule has 2 atom stereocenters. The second-order valence-electron chi connectivity index (χ2n) is 5.08. The standard InChI is InChI=1S/C14H24N2OS/c1-3-5-12-11-14(6-9-17-12,16-7-4-2)13-15-8-10-18-13/h8,10,12,16H,3-7,9,11H2,1-2H3. The number of hydrogen-bond donors (Lipinski definition) is 1. The summed E-state index contributed by atoms with van der Waals surface area (Å²) >= 11 is 1.77. The van der Waals surface area contributed by atoms with Gasteiger partial charge in [-0.3, -0.25) is 0 Å². The van der Waals surface area contributed by atoms with Crippen LogP contribution < -0.4 is 5.32 Å². The molecular formula is C14H24N2OS. The van der Waals surface area contributed by atoms with Crippen LogP contribution in [0.1, 0.15) is 51.0 Å². The highest BCUT2D eigenvalue weighted by atomic mass is 32.1. The number of ether oxygens (including phenoxy) is 1. The Morgan fingerprint density at radius 1 is 1.50 bits per heavy atom. The summed E-state index contributed by atoms with van der Waals surface area (Å²) in [7, 11) is 0. The number of aromatic nitrogens is 1. The first kappa shape index (κ1) is 14.0. The van der Waals surface area contributed by atoms with Crippen LogP contribution in [-0.2, 0) is 10.3 Å². The van der Waals surface area contributed by atoms with Crippen molar-refractivity contribution in [2.75, 3.05) is 13.2 Å². The Balaban J connectivity index is 2.13. The van der Waals surface area contributed by atoms with Crippen LogP contribution in [0.2, 0.25) is 0 Å². The predicted molar refractivity (Wildman–Crippen MR) is 76.0 cm³/mol. The van der Waals surface area contributed by atoms with Gasteiger partial charge >= 0.3 is 0 Å². The smallest absolute Gasteiger partial charge is 0.113 e. The molecule has 0 amide bonds. The molecule has 0 aromatic carbocycles. The maximum atomic E-state index is 5.89. The van der Waals surface area contributed by atoms with Gasteiger partial charge in [0.05, 0.1) is 11.6 Å². The van der Waals surface area contributed by atoms with Gasteiger partial charge in [0.15, 0.2) is 0 Å². The molecule has 0 radical (unpaired) electrons. The van der Waals surface area contributed by atoms with Gasteiger partial charge in [-0.1, -0.05) is 20.3 Å². The molecule has 2 unspecified atom stereocenters. The van der Waals surface area contributed by atoms with Gasteiger partial charge in [0, 0.05) is 18.2 Å². The molecule has 0 saturated carbocycles. The van der Waals surface area contributed by atoms with Crippen molar-refractivity contribution >= 4 is 11.3 Å². The van der Waals surface area contributed by atoms with Crippen LogP contribution in [0.15, 0.2) is 11.6 Å². The van der Waals surface area contributed by atoms with E-state index >= 15 is 0 Å². The van der Waals surface area contributed by atoms with E-state index in [4.69, 9.17) is 4.74 Å². The van der Waals surface area contributed by atoms with Crippen molar-refractivity contribution in [3.8, 4) is 0 Å². The third kappa shape index (κ3) is 3.11. The summed E-state index contributed by atoms with van der Waals surface area (Å²) in [6, 6.07) is 0. The fraction of sp³-hybridized carbons (Fsp3) is 0.786. The Labute approximate surface area is 114 Å². The number of rotatable bonds is 6. The van der Waals surface area contributed by atoms with E-state index in [1.807, 2.05) is 6.20 Å². The third-order valence-corrected chi connectivity index (χ3v) is 4.60. The van der Waals surface area contributed by atoms with Crippen LogP contribution in [0.3, 0.4) is 0 Å². The van der Waals surface area contributed by atoms with E-state index in [-0.39, 0.29) is 5.54 Å². The van der Waals surface area contributed by atoms with Crippen molar-refractivity contribution in [3.05, 3.63) is 16.6 Å². The normalized spacial score (nSPS) is 28.4. The van der Waals surface area contributed by atoms with E-state index in [1.165, 1.54) is 11.4 Å². The molecule has 1 aliphatic heterocycles. The van der Waals surface area contributed by atoms with Crippen LogP contribution in [0.5, 0.6) is 0 Å². The number of nitrogens with zero attached hydrogens (tertiary/aromatic N) is 1. The number of thiazole rings is 1. The van der Waals surface area contributed by atoms with Gasteiger partial charge in [0.2, 0.25) is 0 Å². The Hall–Kier alpha value is -0.450. The minimum absolute atomic E-state index is 0.0578. The minimum Gasteiger partial charge on any atom is -0.378 e. The van der Waals surface area contributed by atoms with Gasteiger partial charge in [0.1, 0.15) is 5.01 Å². The van der Waals surface area contributed by atoms with Crippen molar-refractivity contribution in [2.45, 2.75) is 57.6 Å². The fourth-order valence-corrected chi connectivity index (χ4v) is 3.57. The summed E-state index contributed by atoms with van der Waals surface area (Å²) in [5.74, 6) is 0. The highest BCUT2D eigenvalue weighted by Gasteiger charge is 2.39. The average molecular weight is 268 g/mol. The van der Waals surface area contributed by atoms with Crippen molar-refractivity contribution in [3.63, 3.8) is 0 Å². The zero-order chi connectivity index (χ0) is 12.8. The fourth-order valence-electron chi connectivity index (χ4n) is 2.71. The van der Waals surface area contributed by atoms with Crippen molar-refractivity contribution < 1.29 is 4.74 Å². The molecule has 1 aromatic rings. The highest BCUT2D eigenvalue weighted by molar-refractivity contribution is 7.09. The highest BCUT2D eigenvalue weighted by Crippen LogP contribution is 2.37. The summed E-state index contributed by atoms with van der Waals surface area (Å²) in [5.41, 5.74) is 0.0578. The topological polar surface area (TPSA) is 34.2 Å². The molecule has 2 heterocycles. The molecular weight excluding hydrogens is 244 g/mol. The Morgan fingerprint density at radius 2 is 2.39 bits per heavy atom. The van der Waals surface area contributed by atoms with E-state index < -0.39 is 0 Å². The van der Waals surface area contributed by atoms with E-state index in [2.05, 4.69) is 29.5 Å². The number of hydrogen-bond acceptors (Lipinski definition) is 4. The van der Waals surface area contributed by atoms with E-state index in [0.29, 0.717) is 6.10 Å². The van der Waals surface area contributed by atoms with Gasteiger partial charge < -0.3 is 10.1 Å². The van der Waals surface area contributed by atoms with Crippen LogP contribution in [0, 0.1) is 0 Å². The molecule has 1 aliphatic rings. The van der Waals surface area contributed by atoms with Gasteiger partial charge in [-0.2, -0.15) is 0 Å². The van der Waals surface area contributed by atoms with E-state index in [1.54, 1.807) is 11.3 Å². The molecule has 1 N–H and O–H groups in total. The molecule has 1 fully saturated rings. The van der Waals surface area contributed by atoms with Gasteiger partial charge in [-0.25, -0.2) is 4.98 Å². The molecule has 0 spiro atoms.